The SMILES string of the molecule is CC(=O)SCC=Cc1ccc(C#N)s1. The molecule has 0 spiro atoms. The number of thiophene rings is 1. The minimum Gasteiger partial charge on any atom is -0.288 e. The fraction of sp³-hybridized carbons (Fsp3) is 0.200. The minimum atomic E-state index is 0.124. The van der Waals surface area contributed by atoms with Gasteiger partial charge in [-0.2, -0.15) is 5.26 Å². The molecule has 0 aromatic carbocycles. The van der Waals surface area contributed by atoms with E-state index in [0.717, 1.165) is 4.88 Å². The molecule has 0 fully saturated rings. The first-order valence-corrected chi connectivity index (χ1v) is 5.82. The number of nitrogens with zero attached hydrogens (tertiary/aromatic N) is 1. The molecule has 0 unspecified atom stereocenters. The summed E-state index contributed by atoms with van der Waals surface area (Å²) in [5.41, 5.74) is 0. The number of rotatable bonds is 3. The topological polar surface area (TPSA) is 40.9 Å². The van der Waals surface area contributed by atoms with Gasteiger partial charge in [0.05, 0.1) is 0 Å². The molecule has 14 heavy (non-hydrogen) atoms. The van der Waals surface area contributed by atoms with Gasteiger partial charge in [-0.15, -0.1) is 11.3 Å². The van der Waals surface area contributed by atoms with Crippen LogP contribution in [-0.2, 0) is 4.79 Å². The van der Waals surface area contributed by atoms with Crippen molar-refractivity contribution in [3.63, 3.8) is 0 Å². The van der Waals surface area contributed by atoms with Crippen molar-refractivity contribution >= 4 is 34.3 Å². The van der Waals surface area contributed by atoms with E-state index in [4.69, 9.17) is 5.26 Å². The van der Waals surface area contributed by atoms with Gasteiger partial charge in [-0.25, -0.2) is 0 Å². The van der Waals surface area contributed by atoms with E-state index >= 15 is 0 Å². The first-order chi connectivity index (χ1) is 6.72. The number of hydrogen-bond acceptors (Lipinski definition) is 4. The van der Waals surface area contributed by atoms with E-state index in [9.17, 15) is 4.79 Å². The fourth-order valence-corrected chi connectivity index (χ4v) is 2.00. The van der Waals surface area contributed by atoms with Crippen LogP contribution in [0.25, 0.3) is 6.08 Å². The van der Waals surface area contributed by atoms with E-state index < -0.39 is 0 Å². The average molecular weight is 223 g/mol. The molecular weight excluding hydrogens is 214 g/mol. The first kappa shape index (κ1) is 11.0. The van der Waals surface area contributed by atoms with Crippen LogP contribution in [0.5, 0.6) is 0 Å². The summed E-state index contributed by atoms with van der Waals surface area (Å²) in [6.45, 7) is 1.55. The van der Waals surface area contributed by atoms with Crippen molar-refractivity contribution in [3.05, 3.63) is 28.0 Å². The van der Waals surface area contributed by atoms with Crippen LogP contribution >= 0.6 is 23.1 Å². The Morgan fingerprint density at radius 3 is 3.07 bits per heavy atom. The molecule has 1 rings (SSSR count). The van der Waals surface area contributed by atoms with Gasteiger partial charge < -0.3 is 0 Å². The fourth-order valence-electron chi connectivity index (χ4n) is 0.832. The highest BCUT2D eigenvalue weighted by molar-refractivity contribution is 8.13. The van der Waals surface area contributed by atoms with Crippen LogP contribution in [0.15, 0.2) is 18.2 Å². The molecule has 1 heterocycles. The van der Waals surface area contributed by atoms with Crippen LogP contribution in [0, 0.1) is 11.3 Å². The monoisotopic (exact) mass is 223 g/mol. The van der Waals surface area contributed by atoms with Crippen LogP contribution < -0.4 is 0 Å². The zero-order chi connectivity index (χ0) is 10.4. The molecule has 1 aromatic heterocycles. The van der Waals surface area contributed by atoms with Gasteiger partial charge in [0.1, 0.15) is 10.9 Å². The summed E-state index contributed by atoms with van der Waals surface area (Å²) in [7, 11) is 0. The highest BCUT2D eigenvalue weighted by atomic mass is 32.2. The Bertz CT molecular complexity index is 387. The summed E-state index contributed by atoms with van der Waals surface area (Å²) < 4.78 is 0. The molecule has 72 valence electrons. The number of nitriles is 1. The van der Waals surface area contributed by atoms with Crippen molar-refractivity contribution in [1.29, 1.82) is 5.26 Å². The number of carbonyl (C=O) groups is 1. The Labute approximate surface area is 91.2 Å². The zero-order valence-electron chi connectivity index (χ0n) is 7.69. The Balaban J connectivity index is 2.44. The van der Waals surface area contributed by atoms with Crippen molar-refractivity contribution < 1.29 is 4.79 Å². The zero-order valence-corrected chi connectivity index (χ0v) is 9.32. The number of hydrogen-bond donors (Lipinski definition) is 0. The van der Waals surface area contributed by atoms with Crippen molar-refractivity contribution in [2.24, 2.45) is 0 Å². The molecule has 0 bridgehead atoms. The summed E-state index contributed by atoms with van der Waals surface area (Å²) in [4.78, 5) is 12.4. The lowest BCUT2D eigenvalue weighted by Gasteiger charge is -1.87. The average Bonchev–Trinajstić information content (AvgIpc) is 2.60. The Morgan fingerprint density at radius 1 is 1.71 bits per heavy atom. The van der Waals surface area contributed by atoms with E-state index in [0.29, 0.717) is 10.6 Å². The summed E-state index contributed by atoms with van der Waals surface area (Å²) in [6.07, 6.45) is 3.86. The molecule has 0 atom stereocenters. The molecule has 0 saturated heterocycles. The molecule has 4 heteroatoms. The van der Waals surface area contributed by atoms with Crippen LogP contribution in [0.1, 0.15) is 16.7 Å². The standard InChI is InChI=1S/C10H9NOS2/c1-8(12)13-6-2-3-9-4-5-10(7-11)14-9/h2-5H,6H2,1H3. The molecular formula is C10H9NOS2. The van der Waals surface area contributed by atoms with Crippen molar-refractivity contribution in [2.75, 3.05) is 5.75 Å². The van der Waals surface area contributed by atoms with Crippen molar-refractivity contribution in [3.8, 4) is 6.07 Å². The van der Waals surface area contributed by atoms with Gasteiger partial charge in [0.15, 0.2) is 5.12 Å². The maximum absolute atomic E-state index is 10.6. The number of thioether (sulfide) groups is 1. The molecule has 0 saturated carbocycles. The van der Waals surface area contributed by atoms with E-state index in [2.05, 4.69) is 6.07 Å². The third-order valence-electron chi connectivity index (χ3n) is 1.40. The normalized spacial score (nSPS) is 10.3. The van der Waals surface area contributed by atoms with Crippen molar-refractivity contribution in [1.82, 2.24) is 0 Å². The summed E-state index contributed by atoms with van der Waals surface area (Å²) in [5, 5.41) is 8.71. The molecule has 0 aliphatic carbocycles. The number of carbonyl (C=O) groups excluding carboxylic acids is 1. The van der Waals surface area contributed by atoms with Crippen LogP contribution in [0.4, 0.5) is 0 Å². The largest absolute Gasteiger partial charge is 0.288 e. The second-order valence-corrected chi connectivity index (χ2v) is 4.83. The second-order valence-electron chi connectivity index (χ2n) is 2.52. The predicted molar refractivity (Wildman–Crippen MR) is 61.2 cm³/mol. The maximum Gasteiger partial charge on any atom is 0.186 e. The smallest absolute Gasteiger partial charge is 0.186 e. The van der Waals surface area contributed by atoms with E-state index in [1.807, 2.05) is 18.2 Å². The van der Waals surface area contributed by atoms with Gasteiger partial charge in [0, 0.05) is 17.6 Å². The van der Waals surface area contributed by atoms with Gasteiger partial charge in [0.25, 0.3) is 0 Å². The van der Waals surface area contributed by atoms with E-state index in [1.165, 1.54) is 23.1 Å². The Hall–Kier alpha value is -1.05. The summed E-state index contributed by atoms with van der Waals surface area (Å²) in [6, 6.07) is 5.78. The first-order valence-electron chi connectivity index (χ1n) is 4.02. The van der Waals surface area contributed by atoms with Gasteiger partial charge in [-0.05, 0) is 18.2 Å². The molecule has 2 nitrogen and oxygen atoms in total. The predicted octanol–water partition coefficient (Wildman–Crippen LogP) is 2.91. The summed E-state index contributed by atoms with van der Waals surface area (Å²) in [5.74, 6) is 0.690. The molecule has 0 aliphatic heterocycles. The lowest BCUT2D eigenvalue weighted by Crippen LogP contribution is -1.80. The molecule has 0 N–H and O–H groups in total. The highest BCUT2D eigenvalue weighted by Crippen LogP contribution is 2.17. The third kappa shape index (κ3) is 3.77. The molecule has 1 aromatic rings. The minimum absolute atomic E-state index is 0.124. The van der Waals surface area contributed by atoms with Crippen LogP contribution in [-0.4, -0.2) is 10.9 Å². The lowest BCUT2D eigenvalue weighted by atomic mass is 10.4. The van der Waals surface area contributed by atoms with E-state index in [1.54, 1.807) is 13.0 Å². The van der Waals surface area contributed by atoms with Crippen LogP contribution in [0.2, 0.25) is 0 Å². The van der Waals surface area contributed by atoms with E-state index in [-0.39, 0.29) is 5.12 Å². The van der Waals surface area contributed by atoms with Gasteiger partial charge in [0.2, 0.25) is 0 Å². The highest BCUT2D eigenvalue weighted by Gasteiger charge is 1.94. The lowest BCUT2D eigenvalue weighted by molar-refractivity contribution is -0.109. The Morgan fingerprint density at radius 2 is 2.50 bits per heavy atom. The van der Waals surface area contributed by atoms with Crippen LogP contribution in [0.3, 0.4) is 0 Å². The van der Waals surface area contributed by atoms with Crippen molar-refractivity contribution in [2.45, 2.75) is 6.92 Å². The van der Waals surface area contributed by atoms with Gasteiger partial charge in [-0.3, -0.25) is 4.79 Å². The Kier molecular flexibility index (Phi) is 4.44. The molecule has 0 radical (unpaired) electrons. The third-order valence-corrected chi connectivity index (χ3v) is 3.12. The molecule has 0 amide bonds. The second kappa shape index (κ2) is 5.63. The summed E-state index contributed by atoms with van der Waals surface area (Å²) >= 11 is 2.73. The quantitative estimate of drug-likeness (QED) is 0.791. The molecule has 0 aliphatic rings. The van der Waals surface area contributed by atoms with Gasteiger partial charge >= 0.3 is 0 Å². The van der Waals surface area contributed by atoms with Gasteiger partial charge in [-0.1, -0.05) is 17.8 Å². The maximum atomic E-state index is 10.6.